The van der Waals surface area contributed by atoms with Gasteiger partial charge in [-0.05, 0) is 31.5 Å². The Morgan fingerprint density at radius 3 is 3.00 bits per heavy atom. The zero-order valence-corrected chi connectivity index (χ0v) is 9.37. The zero-order valence-electron chi connectivity index (χ0n) is 8.55. The summed E-state index contributed by atoms with van der Waals surface area (Å²) in [6.07, 6.45) is 5.22. The maximum Gasteiger partial charge on any atom is 0.311 e. The van der Waals surface area contributed by atoms with Gasteiger partial charge in [0.25, 0.3) is 0 Å². The molecule has 2 bridgehead atoms. The standard InChI is InChI=1S/C11H13NO2S/c1-2-14-11(13)9-7-3-4-8(5-7)10(9)12-6-15/h3-4,7-10H,2,5H2,1H3/t7-,8+,9-,10+/m0/s1. The van der Waals surface area contributed by atoms with Crippen LogP contribution in [0.1, 0.15) is 13.3 Å². The molecule has 0 N–H and O–H groups in total. The molecule has 2 aliphatic rings. The molecule has 1 fully saturated rings. The van der Waals surface area contributed by atoms with Gasteiger partial charge in [0, 0.05) is 5.92 Å². The van der Waals surface area contributed by atoms with Crippen molar-refractivity contribution in [2.75, 3.05) is 6.61 Å². The number of fused-ring (bicyclic) bond motifs is 2. The van der Waals surface area contributed by atoms with Crippen LogP contribution in [0.5, 0.6) is 0 Å². The SMILES string of the molecule is CCOC(=O)[C@@H]1[C@H](N=C=S)[C@@H]2C=C[C@H]1C2. The predicted molar refractivity (Wildman–Crippen MR) is 59.7 cm³/mol. The minimum Gasteiger partial charge on any atom is -0.466 e. The van der Waals surface area contributed by atoms with Gasteiger partial charge in [0.05, 0.1) is 23.7 Å². The van der Waals surface area contributed by atoms with E-state index in [2.05, 4.69) is 34.5 Å². The van der Waals surface area contributed by atoms with Crippen LogP contribution in [0.2, 0.25) is 0 Å². The van der Waals surface area contributed by atoms with Crippen molar-refractivity contribution in [2.45, 2.75) is 19.4 Å². The largest absolute Gasteiger partial charge is 0.466 e. The van der Waals surface area contributed by atoms with E-state index in [0.29, 0.717) is 12.5 Å². The average Bonchev–Trinajstić information content (AvgIpc) is 2.78. The van der Waals surface area contributed by atoms with E-state index < -0.39 is 0 Å². The van der Waals surface area contributed by atoms with Crippen LogP contribution in [-0.4, -0.2) is 23.8 Å². The first kappa shape index (κ1) is 10.5. The molecular formula is C11H13NO2S. The molecule has 0 heterocycles. The van der Waals surface area contributed by atoms with Gasteiger partial charge in [-0.2, -0.15) is 0 Å². The van der Waals surface area contributed by atoms with E-state index >= 15 is 0 Å². The highest BCUT2D eigenvalue weighted by molar-refractivity contribution is 7.78. The molecule has 2 aliphatic carbocycles. The average molecular weight is 223 g/mol. The van der Waals surface area contributed by atoms with E-state index in [4.69, 9.17) is 4.74 Å². The topological polar surface area (TPSA) is 38.7 Å². The van der Waals surface area contributed by atoms with Gasteiger partial charge in [-0.3, -0.25) is 4.79 Å². The van der Waals surface area contributed by atoms with E-state index in [-0.39, 0.29) is 23.8 Å². The maximum absolute atomic E-state index is 11.7. The van der Waals surface area contributed by atoms with Gasteiger partial charge in [-0.15, -0.1) is 0 Å². The third-order valence-electron chi connectivity index (χ3n) is 3.18. The highest BCUT2D eigenvalue weighted by Gasteiger charge is 2.49. The van der Waals surface area contributed by atoms with Crippen molar-refractivity contribution in [3.63, 3.8) is 0 Å². The molecule has 0 unspecified atom stereocenters. The van der Waals surface area contributed by atoms with Crippen LogP contribution in [0.4, 0.5) is 0 Å². The summed E-state index contributed by atoms with van der Waals surface area (Å²) in [6, 6.07) is -0.0449. The van der Waals surface area contributed by atoms with Crippen molar-refractivity contribution in [2.24, 2.45) is 22.7 Å². The Labute approximate surface area is 94.2 Å². The number of carbonyl (C=O) groups is 1. The summed E-state index contributed by atoms with van der Waals surface area (Å²) in [5, 5.41) is 2.39. The number of hydrogen-bond acceptors (Lipinski definition) is 4. The fraction of sp³-hybridized carbons (Fsp3) is 0.636. The monoisotopic (exact) mass is 223 g/mol. The molecule has 0 amide bonds. The van der Waals surface area contributed by atoms with Crippen LogP contribution in [0.25, 0.3) is 0 Å². The number of rotatable bonds is 3. The number of esters is 1. The Balaban J connectivity index is 2.18. The number of ether oxygens (including phenoxy) is 1. The minimum absolute atomic E-state index is 0.0449. The number of allylic oxidation sites excluding steroid dienone is 1. The molecule has 80 valence electrons. The summed E-state index contributed by atoms with van der Waals surface area (Å²) in [5.74, 6) is 0.342. The summed E-state index contributed by atoms with van der Waals surface area (Å²) >= 11 is 4.62. The molecule has 0 saturated heterocycles. The molecule has 0 radical (unpaired) electrons. The Bertz CT molecular complexity index is 346. The highest BCUT2D eigenvalue weighted by atomic mass is 32.1. The quantitative estimate of drug-likeness (QED) is 0.317. The summed E-state index contributed by atoms with van der Waals surface area (Å²) in [6.45, 7) is 2.24. The van der Waals surface area contributed by atoms with Crippen LogP contribution in [-0.2, 0) is 9.53 Å². The molecule has 0 aromatic carbocycles. The van der Waals surface area contributed by atoms with Gasteiger partial charge < -0.3 is 4.74 Å². The summed E-state index contributed by atoms with van der Waals surface area (Å²) in [7, 11) is 0. The third kappa shape index (κ3) is 1.75. The lowest BCUT2D eigenvalue weighted by Gasteiger charge is -2.21. The van der Waals surface area contributed by atoms with Crippen molar-refractivity contribution in [1.82, 2.24) is 0 Å². The molecule has 0 aromatic heterocycles. The van der Waals surface area contributed by atoms with Crippen LogP contribution in [0, 0.1) is 17.8 Å². The fourth-order valence-electron chi connectivity index (χ4n) is 2.59. The second-order valence-corrected chi connectivity index (χ2v) is 4.12. The predicted octanol–water partition coefficient (Wildman–Crippen LogP) is 1.84. The van der Waals surface area contributed by atoms with Gasteiger partial charge in [-0.25, -0.2) is 4.99 Å². The lowest BCUT2D eigenvalue weighted by molar-refractivity contribution is -0.149. The second-order valence-electron chi connectivity index (χ2n) is 3.94. The van der Waals surface area contributed by atoms with Crippen LogP contribution in [0.3, 0.4) is 0 Å². The molecule has 0 spiro atoms. The molecule has 3 nitrogen and oxygen atoms in total. The first-order valence-corrected chi connectivity index (χ1v) is 5.60. The van der Waals surface area contributed by atoms with Crippen molar-refractivity contribution in [3.8, 4) is 0 Å². The van der Waals surface area contributed by atoms with E-state index in [1.165, 1.54) is 0 Å². The second kappa shape index (κ2) is 4.25. The highest BCUT2D eigenvalue weighted by Crippen LogP contribution is 2.45. The van der Waals surface area contributed by atoms with Gasteiger partial charge in [0.1, 0.15) is 0 Å². The van der Waals surface area contributed by atoms with Gasteiger partial charge in [-0.1, -0.05) is 12.2 Å². The number of thiocarbonyl (C=S) groups is 1. The van der Waals surface area contributed by atoms with Gasteiger partial charge >= 0.3 is 5.97 Å². The lowest BCUT2D eigenvalue weighted by atomic mass is 9.89. The van der Waals surface area contributed by atoms with E-state index in [1.807, 2.05) is 6.92 Å². The zero-order chi connectivity index (χ0) is 10.8. The summed E-state index contributed by atoms with van der Waals surface area (Å²) in [4.78, 5) is 15.8. The Kier molecular flexibility index (Phi) is 2.98. The molecule has 2 rings (SSSR count). The Hall–Kier alpha value is -0.990. The molecule has 0 aromatic rings. The van der Waals surface area contributed by atoms with Crippen LogP contribution < -0.4 is 0 Å². The van der Waals surface area contributed by atoms with Gasteiger partial charge in [0.2, 0.25) is 0 Å². The summed E-state index contributed by atoms with van der Waals surface area (Å²) < 4.78 is 5.06. The molecule has 1 saturated carbocycles. The fourth-order valence-corrected chi connectivity index (χ4v) is 2.71. The first-order valence-electron chi connectivity index (χ1n) is 5.20. The minimum atomic E-state index is -0.145. The number of hydrogen-bond donors (Lipinski definition) is 0. The molecule has 0 aliphatic heterocycles. The molecular weight excluding hydrogens is 210 g/mol. The third-order valence-corrected chi connectivity index (χ3v) is 3.28. The van der Waals surface area contributed by atoms with Crippen molar-refractivity contribution < 1.29 is 9.53 Å². The van der Waals surface area contributed by atoms with Crippen molar-refractivity contribution in [3.05, 3.63) is 12.2 Å². The lowest BCUT2D eigenvalue weighted by Crippen LogP contribution is -2.32. The van der Waals surface area contributed by atoms with Gasteiger partial charge in [0.15, 0.2) is 0 Å². The molecule has 15 heavy (non-hydrogen) atoms. The number of isothiocyanates is 1. The van der Waals surface area contributed by atoms with Crippen molar-refractivity contribution >= 4 is 23.3 Å². The molecule has 4 atom stereocenters. The van der Waals surface area contributed by atoms with Crippen LogP contribution >= 0.6 is 12.2 Å². The smallest absolute Gasteiger partial charge is 0.311 e. The number of aliphatic imine (C=N–C) groups is 1. The normalized spacial score (nSPS) is 36.3. The Morgan fingerprint density at radius 1 is 1.60 bits per heavy atom. The van der Waals surface area contributed by atoms with E-state index in [9.17, 15) is 4.79 Å². The Morgan fingerprint density at radius 2 is 2.33 bits per heavy atom. The number of nitrogens with zero attached hydrogens (tertiary/aromatic N) is 1. The number of carbonyl (C=O) groups excluding carboxylic acids is 1. The first-order chi connectivity index (χ1) is 7.27. The summed E-state index contributed by atoms with van der Waals surface area (Å²) in [5.41, 5.74) is 0. The van der Waals surface area contributed by atoms with E-state index in [1.54, 1.807) is 0 Å². The van der Waals surface area contributed by atoms with E-state index in [0.717, 1.165) is 6.42 Å². The van der Waals surface area contributed by atoms with Crippen LogP contribution in [0.15, 0.2) is 17.1 Å². The molecule has 4 heteroatoms. The van der Waals surface area contributed by atoms with Crippen molar-refractivity contribution in [1.29, 1.82) is 0 Å². The maximum atomic E-state index is 11.7.